The summed E-state index contributed by atoms with van der Waals surface area (Å²) in [6.45, 7) is 12.3. The van der Waals surface area contributed by atoms with E-state index < -0.39 is 6.04 Å². The lowest BCUT2D eigenvalue weighted by atomic mass is 9.98. The number of nitrogens with one attached hydrogen (secondary N) is 1. The van der Waals surface area contributed by atoms with Crippen molar-refractivity contribution in [1.82, 2.24) is 10.2 Å². The highest BCUT2D eigenvalue weighted by Crippen LogP contribution is 2.15. The Labute approximate surface area is 129 Å². The lowest BCUT2D eigenvalue weighted by Gasteiger charge is -2.41. The van der Waals surface area contributed by atoms with Crippen LogP contribution in [0.3, 0.4) is 0 Å². The van der Waals surface area contributed by atoms with Gasteiger partial charge < -0.3 is 15.8 Å². The summed E-state index contributed by atoms with van der Waals surface area (Å²) in [4.78, 5) is 14.3. The SMILES string of the molecule is CCC(C)C(N)C(=O)NCC(C)(C)N1CCOCC1.Cl. The Morgan fingerprint density at radius 3 is 2.45 bits per heavy atom. The molecule has 1 aliphatic heterocycles. The van der Waals surface area contributed by atoms with Gasteiger partial charge in [0.15, 0.2) is 0 Å². The van der Waals surface area contributed by atoms with Crippen LogP contribution in [0.1, 0.15) is 34.1 Å². The minimum absolute atomic E-state index is 0. The molecular formula is C14H30ClN3O2. The van der Waals surface area contributed by atoms with Gasteiger partial charge in [-0.25, -0.2) is 0 Å². The number of halogens is 1. The number of hydrogen-bond donors (Lipinski definition) is 2. The number of carbonyl (C=O) groups excluding carboxylic acids is 1. The van der Waals surface area contributed by atoms with Crippen LogP contribution >= 0.6 is 12.4 Å². The van der Waals surface area contributed by atoms with Gasteiger partial charge >= 0.3 is 0 Å². The smallest absolute Gasteiger partial charge is 0.237 e. The fourth-order valence-electron chi connectivity index (χ4n) is 2.21. The molecule has 1 amide bonds. The van der Waals surface area contributed by atoms with Gasteiger partial charge in [-0.1, -0.05) is 20.3 Å². The molecule has 1 aliphatic rings. The monoisotopic (exact) mass is 307 g/mol. The Morgan fingerprint density at radius 2 is 1.95 bits per heavy atom. The van der Waals surface area contributed by atoms with Crippen LogP contribution < -0.4 is 11.1 Å². The van der Waals surface area contributed by atoms with E-state index in [2.05, 4.69) is 31.0 Å². The van der Waals surface area contributed by atoms with E-state index >= 15 is 0 Å². The molecule has 0 aliphatic carbocycles. The summed E-state index contributed by atoms with van der Waals surface area (Å²) in [5, 5.41) is 2.99. The van der Waals surface area contributed by atoms with Crippen molar-refractivity contribution >= 4 is 18.3 Å². The average molecular weight is 308 g/mol. The predicted molar refractivity (Wildman–Crippen MR) is 84.2 cm³/mol. The summed E-state index contributed by atoms with van der Waals surface area (Å²) >= 11 is 0. The minimum atomic E-state index is -0.412. The Hall–Kier alpha value is -0.360. The quantitative estimate of drug-likeness (QED) is 0.768. The number of nitrogens with zero attached hydrogens (tertiary/aromatic N) is 1. The van der Waals surface area contributed by atoms with Crippen LogP contribution in [0.25, 0.3) is 0 Å². The first-order chi connectivity index (χ1) is 8.88. The minimum Gasteiger partial charge on any atom is -0.379 e. The van der Waals surface area contributed by atoms with Crippen molar-refractivity contribution in [2.45, 2.75) is 45.7 Å². The van der Waals surface area contributed by atoms with Crippen LogP contribution in [0.4, 0.5) is 0 Å². The molecule has 1 saturated heterocycles. The summed E-state index contributed by atoms with van der Waals surface area (Å²) in [5.74, 6) is 0.169. The first-order valence-corrected chi connectivity index (χ1v) is 7.24. The zero-order chi connectivity index (χ0) is 14.5. The van der Waals surface area contributed by atoms with Crippen LogP contribution in [0.5, 0.6) is 0 Å². The molecule has 0 bridgehead atoms. The molecule has 0 aromatic rings. The number of carbonyl (C=O) groups is 1. The predicted octanol–water partition coefficient (Wildman–Crippen LogP) is 1.01. The Balaban J connectivity index is 0.00000361. The van der Waals surface area contributed by atoms with Crippen LogP contribution in [-0.2, 0) is 9.53 Å². The third-order valence-electron chi connectivity index (χ3n) is 4.12. The lowest BCUT2D eigenvalue weighted by molar-refractivity contribution is -0.124. The maximum absolute atomic E-state index is 12.0. The zero-order valence-electron chi connectivity index (χ0n) is 13.1. The molecular weight excluding hydrogens is 278 g/mol. The van der Waals surface area contributed by atoms with Crippen molar-refractivity contribution in [3.63, 3.8) is 0 Å². The first kappa shape index (κ1) is 19.6. The van der Waals surface area contributed by atoms with Gasteiger partial charge in [0.25, 0.3) is 0 Å². The van der Waals surface area contributed by atoms with E-state index in [1.54, 1.807) is 0 Å². The molecule has 0 aromatic carbocycles. The number of nitrogens with two attached hydrogens (primary N) is 1. The molecule has 3 N–H and O–H groups in total. The average Bonchev–Trinajstić information content (AvgIpc) is 2.44. The normalized spacial score (nSPS) is 19.9. The van der Waals surface area contributed by atoms with E-state index in [4.69, 9.17) is 10.5 Å². The molecule has 0 radical (unpaired) electrons. The number of rotatable bonds is 6. The molecule has 1 fully saturated rings. The van der Waals surface area contributed by atoms with Gasteiger partial charge in [0, 0.05) is 25.2 Å². The van der Waals surface area contributed by atoms with Crippen LogP contribution in [0.15, 0.2) is 0 Å². The van der Waals surface area contributed by atoms with Crippen molar-refractivity contribution in [3.05, 3.63) is 0 Å². The van der Waals surface area contributed by atoms with E-state index in [1.165, 1.54) is 0 Å². The largest absolute Gasteiger partial charge is 0.379 e. The van der Waals surface area contributed by atoms with Crippen molar-refractivity contribution in [2.24, 2.45) is 11.7 Å². The van der Waals surface area contributed by atoms with Gasteiger partial charge in [-0.05, 0) is 19.8 Å². The molecule has 0 spiro atoms. The van der Waals surface area contributed by atoms with E-state index in [9.17, 15) is 4.79 Å². The molecule has 2 unspecified atom stereocenters. The molecule has 2 atom stereocenters. The molecule has 1 heterocycles. The second-order valence-electron chi connectivity index (χ2n) is 6.04. The highest BCUT2D eigenvalue weighted by Gasteiger charge is 2.29. The van der Waals surface area contributed by atoms with Gasteiger partial charge in [0.05, 0.1) is 19.3 Å². The number of ether oxygens (including phenoxy) is 1. The van der Waals surface area contributed by atoms with Gasteiger partial charge in [0.2, 0.25) is 5.91 Å². The maximum Gasteiger partial charge on any atom is 0.237 e. The number of hydrogen-bond acceptors (Lipinski definition) is 4. The van der Waals surface area contributed by atoms with Gasteiger partial charge in [-0.15, -0.1) is 12.4 Å². The fourth-order valence-corrected chi connectivity index (χ4v) is 2.21. The summed E-state index contributed by atoms with van der Waals surface area (Å²) in [6.07, 6.45) is 0.918. The molecule has 120 valence electrons. The zero-order valence-corrected chi connectivity index (χ0v) is 14.0. The van der Waals surface area contributed by atoms with E-state index in [0.29, 0.717) is 6.54 Å². The molecule has 6 heteroatoms. The second kappa shape index (κ2) is 8.82. The fraction of sp³-hybridized carbons (Fsp3) is 0.929. The third kappa shape index (κ3) is 5.56. The van der Waals surface area contributed by atoms with E-state index in [1.807, 2.05) is 6.92 Å². The van der Waals surface area contributed by atoms with Gasteiger partial charge in [-0.3, -0.25) is 9.69 Å². The Morgan fingerprint density at radius 1 is 1.40 bits per heavy atom. The van der Waals surface area contributed by atoms with Crippen molar-refractivity contribution < 1.29 is 9.53 Å². The molecule has 1 rings (SSSR count). The van der Waals surface area contributed by atoms with E-state index in [-0.39, 0.29) is 29.8 Å². The highest BCUT2D eigenvalue weighted by atomic mass is 35.5. The first-order valence-electron chi connectivity index (χ1n) is 7.24. The van der Waals surface area contributed by atoms with Crippen molar-refractivity contribution in [1.29, 1.82) is 0 Å². The summed E-state index contributed by atoms with van der Waals surface area (Å²) in [6, 6.07) is -0.412. The van der Waals surface area contributed by atoms with Crippen LogP contribution in [-0.4, -0.2) is 55.2 Å². The number of morpholine rings is 1. The highest BCUT2D eigenvalue weighted by molar-refractivity contribution is 5.85. The topological polar surface area (TPSA) is 67.6 Å². The van der Waals surface area contributed by atoms with Crippen LogP contribution in [0.2, 0.25) is 0 Å². The third-order valence-corrected chi connectivity index (χ3v) is 4.12. The van der Waals surface area contributed by atoms with Gasteiger partial charge in [-0.2, -0.15) is 0 Å². The summed E-state index contributed by atoms with van der Waals surface area (Å²) in [7, 11) is 0. The van der Waals surface area contributed by atoms with Crippen molar-refractivity contribution in [2.75, 3.05) is 32.8 Å². The molecule has 0 saturated carbocycles. The number of amides is 1. The van der Waals surface area contributed by atoms with Crippen LogP contribution in [0, 0.1) is 5.92 Å². The molecule has 20 heavy (non-hydrogen) atoms. The Kier molecular flexibility index (Phi) is 8.66. The maximum atomic E-state index is 12.0. The lowest BCUT2D eigenvalue weighted by Crippen LogP contribution is -2.57. The van der Waals surface area contributed by atoms with Crippen molar-refractivity contribution in [3.8, 4) is 0 Å². The molecule has 5 nitrogen and oxygen atoms in total. The Bertz CT molecular complexity index is 294. The summed E-state index contributed by atoms with van der Waals surface area (Å²) in [5.41, 5.74) is 5.87. The van der Waals surface area contributed by atoms with Gasteiger partial charge in [0.1, 0.15) is 0 Å². The standard InChI is InChI=1S/C14H29N3O2.ClH/c1-5-11(2)12(15)13(18)16-10-14(3,4)17-6-8-19-9-7-17;/h11-12H,5-10,15H2,1-4H3,(H,16,18);1H. The summed E-state index contributed by atoms with van der Waals surface area (Å²) < 4.78 is 5.36. The second-order valence-corrected chi connectivity index (χ2v) is 6.04. The molecule has 0 aromatic heterocycles. The van der Waals surface area contributed by atoms with E-state index in [0.717, 1.165) is 32.7 Å².